The van der Waals surface area contributed by atoms with Crippen LogP contribution in [0.1, 0.15) is 12.8 Å². The highest BCUT2D eigenvalue weighted by atomic mass is 16.2. The summed E-state index contributed by atoms with van der Waals surface area (Å²) in [7, 11) is 1.54. The highest BCUT2D eigenvalue weighted by Crippen LogP contribution is 2.17. The van der Waals surface area contributed by atoms with Crippen LogP contribution < -0.4 is 16.0 Å². The zero-order valence-corrected chi connectivity index (χ0v) is 7.72. The number of amides is 2. The van der Waals surface area contributed by atoms with Gasteiger partial charge in [-0.15, -0.1) is 0 Å². The second-order valence-corrected chi connectivity index (χ2v) is 3.11. The molecule has 0 radical (unpaired) electrons. The molecule has 0 aliphatic heterocycles. The molecule has 0 spiro atoms. The topological polar surface area (TPSA) is 70.2 Å². The van der Waals surface area contributed by atoms with Gasteiger partial charge in [0, 0.05) is 13.1 Å². The first-order valence-corrected chi connectivity index (χ1v) is 4.43. The summed E-state index contributed by atoms with van der Waals surface area (Å²) in [5.41, 5.74) is 0. The van der Waals surface area contributed by atoms with Crippen LogP contribution >= 0.6 is 0 Å². The van der Waals surface area contributed by atoms with Gasteiger partial charge in [0.15, 0.2) is 0 Å². The van der Waals surface area contributed by atoms with Crippen LogP contribution in [0.4, 0.5) is 0 Å². The molecule has 0 atom stereocenters. The van der Waals surface area contributed by atoms with Crippen molar-refractivity contribution in [3.8, 4) is 0 Å². The molecule has 0 aromatic heterocycles. The predicted molar refractivity (Wildman–Crippen MR) is 48.1 cm³/mol. The molecule has 1 rings (SSSR count). The lowest BCUT2D eigenvalue weighted by atomic mass is 10.5. The third-order valence-electron chi connectivity index (χ3n) is 1.85. The molecule has 0 unspecified atom stereocenters. The van der Waals surface area contributed by atoms with Crippen molar-refractivity contribution >= 4 is 11.8 Å². The number of hydrogen-bond donors (Lipinski definition) is 3. The van der Waals surface area contributed by atoms with Gasteiger partial charge in [-0.1, -0.05) is 0 Å². The molecule has 74 valence electrons. The summed E-state index contributed by atoms with van der Waals surface area (Å²) in [6.07, 6.45) is 2.31. The first kappa shape index (κ1) is 9.98. The van der Waals surface area contributed by atoms with Crippen molar-refractivity contribution in [3.05, 3.63) is 0 Å². The number of likely N-dealkylation sites (N-methyl/N-ethyl adjacent to an activating group) is 1. The van der Waals surface area contributed by atoms with E-state index < -0.39 is 0 Å². The van der Waals surface area contributed by atoms with E-state index >= 15 is 0 Å². The van der Waals surface area contributed by atoms with Crippen molar-refractivity contribution in [3.63, 3.8) is 0 Å². The maximum absolute atomic E-state index is 11.0. The second kappa shape index (κ2) is 4.81. The van der Waals surface area contributed by atoms with Crippen molar-refractivity contribution < 1.29 is 9.59 Å². The van der Waals surface area contributed by atoms with Crippen molar-refractivity contribution in [2.45, 2.75) is 18.9 Å². The second-order valence-electron chi connectivity index (χ2n) is 3.11. The lowest BCUT2D eigenvalue weighted by Crippen LogP contribution is -2.40. The van der Waals surface area contributed by atoms with E-state index in [1.54, 1.807) is 0 Å². The lowest BCUT2D eigenvalue weighted by molar-refractivity contribution is -0.125. The summed E-state index contributed by atoms with van der Waals surface area (Å²) in [5.74, 6) is -0.310. The zero-order chi connectivity index (χ0) is 9.68. The van der Waals surface area contributed by atoms with Crippen LogP contribution in [0.3, 0.4) is 0 Å². The fraction of sp³-hybridized carbons (Fsp3) is 0.750. The molecule has 0 bridgehead atoms. The summed E-state index contributed by atoms with van der Waals surface area (Å²) in [5, 5.41) is 7.98. The fourth-order valence-electron chi connectivity index (χ4n) is 0.854. The molecule has 1 fully saturated rings. The highest BCUT2D eigenvalue weighted by Gasteiger charge is 2.20. The van der Waals surface area contributed by atoms with Gasteiger partial charge >= 0.3 is 0 Å². The van der Waals surface area contributed by atoms with Crippen LogP contribution in [0, 0.1) is 0 Å². The number of carbonyl (C=O) groups is 2. The largest absolute Gasteiger partial charge is 0.358 e. The molecule has 0 saturated heterocycles. The van der Waals surface area contributed by atoms with Gasteiger partial charge in [0.25, 0.3) is 0 Å². The molecule has 5 heteroatoms. The summed E-state index contributed by atoms with van der Waals surface area (Å²) in [4.78, 5) is 21.8. The summed E-state index contributed by atoms with van der Waals surface area (Å²) < 4.78 is 0. The van der Waals surface area contributed by atoms with Crippen LogP contribution in [0.25, 0.3) is 0 Å². The minimum absolute atomic E-state index is 0.0572. The SMILES string of the molecule is CNC(=O)CNC(=O)CNC1CC1. The van der Waals surface area contributed by atoms with E-state index in [0.29, 0.717) is 12.6 Å². The van der Waals surface area contributed by atoms with Crippen LogP contribution in [0.15, 0.2) is 0 Å². The van der Waals surface area contributed by atoms with Crippen molar-refractivity contribution in [2.24, 2.45) is 0 Å². The molecule has 1 saturated carbocycles. The zero-order valence-electron chi connectivity index (χ0n) is 7.72. The third-order valence-corrected chi connectivity index (χ3v) is 1.85. The Morgan fingerprint density at radius 2 is 1.92 bits per heavy atom. The van der Waals surface area contributed by atoms with E-state index in [9.17, 15) is 9.59 Å². The van der Waals surface area contributed by atoms with Gasteiger partial charge in [0.1, 0.15) is 0 Å². The lowest BCUT2D eigenvalue weighted by Gasteiger charge is -2.04. The first-order chi connectivity index (χ1) is 6.22. The maximum Gasteiger partial charge on any atom is 0.239 e. The van der Waals surface area contributed by atoms with E-state index in [1.807, 2.05) is 0 Å². The van der Waals surface area contributed by atoms with Gasteiger partial charge in [-0.05, 0) is 12.8 Å². The van der Waals surface area contributed by atoms with Crippen LogP contribution in [0.5, 0.6) is 0 Å². The molecule has 13 heavy (non-hydrogen) atoms. The summed E-state index contributed by atoms with van der Waals surface area (Å²) in [6, 6.07) is 0.519. The number of hydrogen-bond acceptors (Lipinski definition) is 3. The molecule has 3 N–H and O–H groups in total. The molecule has 1 aliphatic rings. The molecule has 0 aromatic carbocycles. The molecule has 1 aliphatic carbocycles. The Kier molecular flexibility index (Phi) is 3.70. The van der Waals surface area contributed by atoms with E-state index in [1.165, 1.54) is 7.05 Å². The molecule has 2 amide bonds. The maximum atomic E-state index is 11.0. The molecular formula is C8H15N3O2. The van der Waals surface area contributed by atoms with Crippen LogP contribution in [0.2, 0.25) is 0 Å². The van der Waals surface area contributed by atoms with Crippen molar-refractivity contribution in [2.75, 3.05) is 20.1 Å². The smallest absolute Gasteiger partial charge is 0.239 e. The number of nitrogens with one attached hydrogen (secondary N) is 3. The fourth-order valence-corrected chi connectivity index (χ4v) is 0.854. The number of rotatable bonds is 5. The predicted octanol–water partition coefficient (Wildman–Crippen LogP) is -1.40. The van der Waals surface area contributed by atoms with Gasteiger partial charge < -0.3 is 16.0 Å². The van der Waals surface area contributed by atoms with E-state index in [-0.39, 0.29) is 18.4 Å². The molecular weight excluding hydrogens is 170 g/mol. The Morgan fingerprint density at radius 1 is 1.23 bits per heavy atom. The molecule has 0 heterocycles. The quantitative estimate of drug-likeness (QED) is 0.493. The van der Waals surface area contributed by atoms with E-state index in [0.717, 1.165) is 12.8 Å². The normalized spacial score (nSPS) is 15.2. The average Bonchev–Trinajstić information content (AvgIpc) is 2.94. The molecule has 0 aromatic rings. The Hall–Kier alpha value is -1.10. The minimum atomic E-state index is -0.181. The van der Waals surface area contributed by atoms with E-state index in [4.69, 9.17) is 0 Å². The van der Waals surface area contributed by atoms with Gasteiger partial charge in [0.2, 0.25) is 11.8 Å². The van der Waals surface area contributed by atoms with Gasteiger partial charge in [-0.2, -0.15) is 0 Å². The third kappa shape index (κ3) is 4.47. The minimum Gasteiger partial charge on any atom is -0.358 e. The molecule has 5 nitrogen and oxygen atoms in total. The Balaban J connectivity index is 1.99. The average molecular weight is 185 g/mol. The monoisotopic (exact) mass is 185 g/mol. The Morgan fingerprint density at radius 3 is 2.46 bits per heavy atom. The number of carbonyl (C=O) groups excluding carboxylic acids is 2. The summed E-state index contributed by atoms with van der Waals surface area (Å²) in [6.45, 7) is 0.364. The Labute approximate surface area is 77.3 Å². The van der Waals surface area contributed by atoms with Crippen molar-refractivity contribution in [1.82, 2.24) is 16.0 Å². The van der Waals surface area contributed by atoms with Gasteiger partial charge in [-0.25, -0.2) is 0 Å². The standard InChI is InChI=1S/C8H15N3O2/c1-9-7(12)4-11-8(13)5-10-6-2-3-6/h6,10H,2-5H2,1H3,(H,9,12)(H,11,13). The van der Waals surface area contributed by atoms with Gasteiger partial charge in [0.05, 0.1) is 13.1 Å². The van der Waals surface area contributed by atoms with Crippen molar-refractivity contribution in [1.29, 1.82) is 0 Å². The van der Waals surface area contributed by atoms with Gasteiger partial charge in [-0.3, -0.25) is 9.59 Å². The van der Waals surface area contributed by atoms with E-state index in [2.05, 4.69) is 16.0 Å². The first-order valence-electron chi connectivity index (χ1n) is 4.43. The summed E-state index contributed by atoms with van der Waals surface area (Å²) >= 11 is 0. The van der Waals surface area contributed by atoms with Crippen LogP contribution in [-0.2, 0) is 9.59 Å². The van der Waals surface area contributed by atoms with Crippen LogP contribution in [-0.4, -0.2) is 38.0 Å². The Bertz CT molecular complexity index is 202. The highest BCUT2D eigenvalue weighted by molar-refractivity contribution is 5.85.